The molecule has 0 fully saturated rings. The van der Waals surface area contributed by atoms with Gasteiger partial charge in [-0.1, -0.05) is 38.0 Å². The molecule has 0 aliphatic carbocycles. The van der Waals surface area contributed by atoms with Crippen molar-refractivity contribution in [3.05, 3.63) is 59.2 Å². The lowest BCUT2D eigenvalue weighted by atomic mass is 10.1. The molecule has 3 aromatic rings. The van der Waals surface area contributed by atoms with E-state index in [1.54, 1.807) is 24.5 Å². The Morgan fingerprint density at radius 2 is 2.00 bits per heavy atom. The average molecular weight is 430 g/mol. The molecule has 3 rings (SSSR count). The Labute approximate surface area is 178 Å². The lowest BCUT2D eigenvalue weighted by Crippen LogP contribution is -2.08. The fraction of sp³-hybridized carbons (Fsp3) is 0.304. The van der Waals surface area contributed by atoms with Crippen LogP contribution in [-0.4, -0.2) is 9.97 Å². The van der Waals surface area contributed by atoms with Crippen LogP contribution in [0, 0.1) is 11.8 Å². The van der Waals surface area contributed by atoms with Gasteiger partial charge in [0.2, 0.25) is 0 Å². The molecule has 1 aromatic carbocycles. The largest absolute Gasteiger partial charge is 0.417 e. The van der Waals surface area contributed by atoms with Gasteiger partial charge in [0.1, 0.15) is 0 Å². The smallest absolute Gasteiger partial charge is 0.332 e. The third kappa shape index (κ3) is 6.07. The number of benzene rings is 1. The number of unbranched alkanes of at least 4 members (excludes halogenated alkanes) is 4. The van der Waals surface area contributed by atoms with Crippen LogP contribution in [0.5, 0.6) is 0 Å². The monoisotopic (exact) mass is 429 g/mol. The van der Waals surface area contributed by atoms with Gasteiger partial charge < -0.3 is 5.32 Å². The van der Waals surface area contributed by atoms with Crippen molar-refractivity contribution >= 4 is 22.2 Å². The number of aromatic nitrogens is 2. The van der Waals surface area contributed by atoms with Crippen molar-refractivity contribution in [3.63, 3.8) is 0 Å². The van der Waals surface area contributed by atoms with Crippen molar-refractivity contribution in [3.8, 4) is 23.1 Å². The Morgan fingerprint density at radius 1 is 1.13 bits per heavy atom. The number of thiazole rings is 1. The summed E-state index contributed by atoms with van der Waals surface area (Å²) < 4.78 is 40.7. The van der Waals surface area contributed by atoms with Crippen LogP contribution in [0.4, 0.5) is 24.0 Å². The summed E-state index contributed by atoms with van der Waals surface area (Å²) in [6, 6.07) is 7.79. The van der Waals surface area contributed by atoms with Crippen molar-refractivity contribution in [2.75, 3.05) is 5.32 Å². The van der Waals surface area contributed by atoms with Crippen LogP contribution in [0.3, 0.4) is 0 Å². The summed E-state index contributed by atoms with van der Waals surface area (Å²) in [6.07, 6.45) is 3.68. The Kier molecular flexibility index (Phi) is 7.47. The molecular weight excluding hydrogens is 407 g/mol. The predicted octanol–water partition coefficient (Wildman–Crippen LogP) is 7.29. The average Bonchev–Trinajstić information content (AvgIpc) is 3.20. The van der Waals surface area contributed by atoms with Crippen LogP contribution in [-0.2, 0) is 6.18 Å². The number of halogens is 3. The minimum Gasteiger partial charge on any atom is -0.332 e. The molecule has 7 heteroatoms. The Morgan fingerprint density at radius 3 is 2.73 bits per heavy atom. The normalized spacial score (nSPS) is 11.1. The summed E-state index contributed by atoms with van der Waals surface area (Å²) in [7, 11) is 0. The van der Waals surface area contributed by atoms with Crippen molar-refractivity contribution in [2.24, 2.45) is 0 Å². The maximum atomic E-state index is 13.6. The molecule has 0 saturated heterocycles. The summed E-state index contributed by atoms with van der Waals surface area (Å²) in [5.41, 5.74) is 1.15. The quantitative estimate of drug-likeness (QED) is 0.316. The van der Waals surface area contributed by atoms with E-state index in [0.717, 1.165) is 43.0 Å². The maximum Gasteiger partial charge on any atom is 0.417 e. The molecule has 2 aromatic heterocycles. The summed E-state index contributed by atoms with van der Waals surface area (Å²) in [5, 5.41) is 5.31. The van der Waals surface area contributed by atoms with E-state index in [-0.39, 0.29) is 5.56 Å². The van der Waals surface area contributed by atoms with Gasteiger partial charge in [0.25, 0.3) is 0 Å². The number of anilines is 2. The van der Waals surface area contributed by atoms with Crippen LogP contribution >= 0.6 is 11.3 Å². The third-order valence-electron chi connectivity index (χ3n) is 4.42. The zero-order valence-corrected chi connectivity index (χ0v) is 17.4. The van der Waals surface area contributed by atoms with E-state index in [2.05, 4.69) is 34.0 Å². The predicted molar refractivity (Wildman–Crippen MR) is 116 cm³/mol. The number of nitrogens with one attached hydrogen (secondary N) is 1. The van der Waals surface area contributed by atoms with E-state index >= 15 is 0 Å². The fourth-order valence-corrected chi connectivity index (χ4v) is 3.60. The van der Waals surface area contributed by atoms with Gasteiger partial charge in [0.15, 0.2) is 5.13 Å². The van der Waals surface area contributed by atoms with E-state index in [1.807, 2.05) is 11.4 Å². The highest BCUT2D eigenvalue weighted by molar-refractivity contribution is 7.14. The molecule has 3 nitrogen and oxygen atoms in total. The van der Waals surface area contributed by atoms with Crippen LogP contribution in [0.2, 0.25) is 0 Å². The van der Waals surface area contributed by atoms with Crippen LogP contribution in [0.25, 0.3) is 11.3 Å². The molecule has 2 heterocycles. The molecule has 0 spiro atoms. The summed E-state index contributed by atoms with van der Waals surface area (Å²) >= 11 is 1.32. The van der Waals surface area contributed by atoms with Crippen LogP contribution in [0.15, 0.2) is 48.1 Å². The first kappa shape index (κ1) is 21.8. The molecular formula is C23H22F3N3S. The Hall–Kier alpha value is -2.85. The number of rotatable bonds is 7. The van der Waals surface area contributed by atoms with E-state index in [9.17, 15) is 13.2 Å². The number of hydrogen-bond acceptors (Lipinski definition) is 4. The molecule has 0 radical (unpaired) electrons. The fourth-order valence-electron chi connectivity index (χ4n) is 2.86. The zero-order valence-electron chi connectivity index (χ0n) is 16.6. The SMILES string of the molecule is CCCCCCC#Cc1ccc(Nc2nc(-c3cccnc3)cs2)cc1C(F)(F)F. The zero-order chi connectivity index (χ0) is 21.4. The van der Waals surface area contributed by atoms with Gasteiger partial charge in [-0.15, -0.1) is 11.3 Å². The Bertz CT molecular complexity index is 1020. The van der Waals surface area contributed by atoms with Gasteiger partial charge in [-0.2, -0.15) is 13.2 Å². The molecule has 0 amide bonds. The first-order chi connectivity index (χ1) is 14.5. The van der Waals surface area contributed by atoms with Gasteiger partial charge in [-0.05, 0) is 36.8 Å². The summed E-state index contributed by atoms with van der Waals surface area (Å²) in [6.45, 7) is 2.11. The lowest BCUT2D eigenvalue weighted by molar-refractivity contribution is -0.137. The molecule has 0 bridgehead atoms. The highest BCUT2D eigenvalue weighted by atomic mass is 32.1. The van der Waals surface area contributed by atoms with Crippen molar-refractivity contribution in [2.45, 2.75) is 45.2 Å². The second kappa shape index (κ2) is 10.3. The van der Waals surface area contributed by atoms with Gasteiger partial charge in [-0.25, -0.2) is 4.98 Å². The van der Waals surface area contributed by atoms with Gasteiger partial charge in [-0.3, -0.25) is 4.98 Å². The first-order valence-electron chi connectivity index (χ1n) is 9.80. The topological polar surface area (TPSA) is 37.8 Å². The Balaban J connectivity index is 1.75. The van der Waals surface area contributed by atoms with Crippen molar-refractivity contribution in [1.29, 1.82) is 0 Å². The van der Waals surface area contributed by atoms with Crippen LogP contribution < -0.4 is 5.32 Å². The first-order valence-corrected chi connectivity index (χ1v) is 10.7. The summed E-state index contributed by atoms with van der Waals surface area (Å²) in [5.74, 6) is 5.57. The molecule has 0 saturated carbocycles. The second-order valence-corrected chi connectivity index (χ2v) is 7.63. The van der Waals surface area contributed by atoms with E-state index in [1.165, 1.54) is 17.4 Å². The van der Waals surface area contributed by atoms with Gasteiger partial charge in [0, 0.05) is 41.0 Å². The van der Waals surface area contributed by atoms with E-state index in [0.29, 0.717) is 17.2 Å². The molecule has 0 atom stereocenters. The molecule has 0 aliphatic heterocycles. The van der Waals surface area contributed by atoms with Crippen molar-refractivity contribution < 1.29 is 13.2 Å². The molecule has 156 valence electrons. The highest BCUT2D eigenvalue weighted by Crippen LogP contribution is 2.35. The van der Waals surface area contributed by atoms with Crippen molar-refractivity contribution in [1.82, 2.24) is 9.97 Å². The second-order valence-electron chi connectivity index (χ2n) is 6.78. The number of pyridine rings is 1. The van der Waals surface area contributed by atoms with Gasteiger partial charge in [0.05, 0.1) is 11.3 Å². The minimum atomic E-state index is -4.48. The number of alkyl halides is 3. The van der Waals surface area contributed by atoms with E-state index < -0.39 is 11.7 Å². The standard InChI is InChI=1S/C23H22F3N3S/c1-2-3-4-5-6-7-9-17-11-12-19(14-20(17)23(24,25)26)28-22-29-21(16-30-22)18-10-8-13-27-15-18/h8,10-16H,2-6H2,1H3,(H,28,29). The highest BCUT2D eigenvalue weighted by Gasteiger charge is 2.33. The minimum absolute atomic E-state index is 0.00118. The molecule has 0 unspecified atom stereocenters. The number of nitrogens with zero attached hydrogens (tertiary/aromatic N) is 2. The summed E-state index contributed by atoms with van der Waals surface area (Å²) in [4.78, 5) is 8.49. The van der Waals surface area contributed by atoms with E-state index in [4.69, 9.17) is 0 Å². The van der Waals surface area contributed by atoms with Crippen LogP contribution in [0.1, 0.15) is 50.2 Å². The number of hydrogen-bond donors (Lipinski definition) is 1. The molecule has 0 aliphatic rings. The maximum absolute atomic E-state index is 13.6. The molecule has 30 heavy (non-hydrogen) atoms. The third-order valence-corrected chi connectivity index (χ3v) is 5.17. The lowest BCUT2D eigenvalue weighted by Gasteiger charge is -2.12. The van der Waals surface area contributed by atoms with Gasteiger partial charge >= 0.3 is 6.18 Å². The molecule has 1 N–H and O–H groups in total.